The lowest BCUT2D eigenvalue weighted by molar-refractivity contribution is -0.384. The second-order valence-corrected chi connectivity index (χ2v) is 13.7. The number of aromatic hydroxyl groups is 2. The Balaban J connectivity index is 1.73. The molecule has 2 fully saturated rings. The average Bonchev–Trinajstić information content (AvgIpc) is 3.48. The number of hydrogen-bond acceptors (Lipinski definition) is 22. The number of esters is 6. The lowest BCUT2D eigenvalue weighted by Crippen LogP contribution is -2.65. The third-order valence-corrected chi connectivity index (χ3v) is 9.10. The molecule has 344 valence electrons. The Hall–Kier alpha value is -6.46. The van der Waals surface area contributed by atoms with Crippen LogP contribution in [0.15, 0.2) is 42.5 Å². The van der Waals surface area contributed by atoms with Crippen LogP contribution in [0.1, 0.15) is 38.8 Å². The van der Waals surface area contributed by atoms with Crippen molar-refractivity contribution in [3.8, 4) is 28.7 Å². The highest BCUT2D eigenvalue weighted by molar-refractivity contribution is 5.88. The molecule has 2 aliphatic rings. The molecule has 22 heteroatoms. The number of phenols is 2. The Morgan fingerprint density at radius 2 is 1.21 bits per heavy atom. The summed E-state index contributed by atoms with van der Waals surface area (Å²) in [6, 6.07) is 6.93. The van der Waals surface area contributed by atoms with Crippen LogP contribution in [0.2, 0.25) is 0 Å². The summed E-state index contributed by atoms with van der Waals surface area (Å²) in [5, 5.41) is 43.4. The zero-order valence-electron chi connectivity index (χ0n) is 35.1. The molecular weight excluding hydrogens is 844 g/mol. The van der Waals surface area contributed by atoms with Gasteiger partial charge >= 0.3 is 35.8 Å². The third-order valence-electron chi connectivity index (χ3n) is 9.10. The molecular formula is C41H48O22. The van der Waals surface area contributed by atoms with Crippen LogP contribution in [-0.2, 0) is 71.4 Å². The smallest absolute Gasteiger partial charge is 0.331 e. The van der Waals surface area contributed by atoms with E-state index in [4.69, 9.17) is 56.8 Å². The molecule has 2 aliphatic heterocycles. The second kappa shape index (κ2) is 22.1. The minimum absolute atomic E-state index is 0.0391. The van der Waals surface area contributed by atoms with Gasteiger partial charge in [-0.1, -0.05) is 6.07 Å². The number of carbonyl (C=O) groups is 6. The Morgan fingerprint density at radius 3 is 1.79 bits per heavy atom. The number of carbonyl (C=O) groups excluding carboxylic acids is 6. The summed E-state index contributed by atoms with van der Waals surface area (Å²) >= 11 is 0. The predicted octanol–water partition coefficient (Wildman–Crippen LogP) is 0.853. The SMILES string of the molecule is COc1cc(/C=C/C(=O)O[C@H]2[C@H](O)[C@@H](COC(=O)/C=C/c3cc(OC)c(O)c(OC)c3)O[C@@]2(COC(C)=O)O[C@H]2O[C@H](COC(C)=O)[C@@H](OC(C)=O)[C@H](O)[C@H]2OC(C)=O)ccc1O. The molecule has 22 nitrogen and oxygen atoms in total. The van der Waals surface area contributed by atoms with Crippen LogP contribution < -0.4 is 14.2 Å². The van der Waals surface area contributed by atoms with E-state index in [0.29, 0.717) is 11.1 Å². The highest BCUT2D eigenvalue weighted by atomic mass is 16.8. The Bertz CT molecular complexity index is 2020. The first-order valence-electron chi connectivity index (χ1n) is 18.8. The number of rotatable bonds is 18. The van der Waals surface area contributed by atoms with Crippen LogP contribution in [0.25, 0.3) is 12.2 Å². The average molecular weight is 893 g/mol. The standard InChI is InChI=1S/C41H48O22/c1-20(42)55-18-31-37(58-22(3)44)36(51)38(59-23(4)45)40(60-31)63-41(19-57-21(2)43)39(61-33(48)13-9-24-8-11-26(46)27(14-24)52-5)35(50)30(62-41)17-56-32(47)12-10-25-15-28(53-6)34(49)29(16-25)54-7/h8-16,30-31,35-40,46,49-51H,17-19H2,1-7H3/b12-10+,13-9+/t30-,31-,35-,36+,37-,38-,39+,40-,41+/m1/s1. The van der Waals surface area contributed by atoms with Gasteiger partial charge in [0.1, 0.15) is 44.2 Å². The van der Waals surface area contributed by atoms with Gasteiger partial charge < -0.3 is 77.3 Å². The number of benzene rings is 2. The quantitative estimate of drug-likeness (QED) is 0.0916. The fourth-order valence-corrected chi connectivity index (χ4v) is 6.27. The first kappa shape index (κ1) is 49.2. The maximum absolute atomic E-state index is 13.5. The van der Waals surface area contributed by atoms with Gasteiger partial charge in [0.25, 0.3) is 0 Å². The Morgan fingerprint density at radius 1 is 0.651 bits per heavy atom. The summed E-state index contributed by atoms with van der Waals surface area (Å²) in [6.45, 7) is 1.61. The fraction of sp³-hybridized carbons (Fsp3) is 0.463. The van der Waals surface area contributed by atoms with Crippen LogP contribution in [0.4, 0.5) is 0 Å². The van der Waals surface area contributed by atoms with E-state index in [9.17, 15) is 49.2 Å². The zero-order chi connectivity index (χ0) is 46.6. The van der Waals surface area contributed by atoms with Crippen molar-refractivity contribution >= 4 is 48.0 Å². The molecule has 0 aliphatic carbocycles. The highest BCUT2D eigenvalue weighted by Gasteiger charge is 2.63. The summed E-state index contributed by atoms with van der Waals surface area (Å²) in [5.74, 6) is -8.76. The van der Waals surface area contributed by atoms with Crippen LogP contribution in [0.5, 0.6) is 28.7 Å². The van der Waals surface area contributed by atoms with Crippen molar-refractivity contribution in [2.75, 3.05) is 41.2 Å². The van der Waals surface area contributed by atoms with Gasteiger partial charge in [-0.2, -0.15) is 0 Å². The van der Waals surface area contributed by atoms with E-state index >= 15 is 0 Å². The molecule has 0 radical (unpaired) electrons. The van der Waals surface area contributed by atoms with Crippen molar-refractivity contribution in [1.29, 1.82) is 0 Å². The number of aliphatic hydroxyl groups is 2. The van der Waals surface area contributed by atoms with Crippen molar-refractivity contribution in [3.63, 3.8) is 0 Å². The van der Waals surface area contributed by atoms with Gasteiger partial charge in [-0.3, -0.25) is 19.2 Å². The van der Waals surface area contributed by atoms with E-state index in [0.717, 1.165) is 39.8 Å². The Labute approximate surface area is 359 Å². The van der Waals surface area contributed by atoms with Gasteiger partial charge in [0, 0.05) is 39.8 Å². The predicted molar refractivity (Wildman–Crippen MR) is 209 cm³/mol. The molecule has 0 bridgehead atoms. The summed E-state index contributed by atoms with van der Waals surface area (Å²) < 4.78 is 65.5. The number of phenolic OH excluding ortho intramolecular Hbond substituents is 2. The lowest BCUT2D eigenvalue weighted by Gasteiger charge is -2.45. The normalized spacial score (nSPS) is 25.5. The van der Waals surface area contributed by atoms with Gasteiger partial charge in [-0.25, -0.2) is 9.59 Å². The van der Waals surface area contributed by atoms with Crippen LogP contribution in [0, 0.1) is 0 Å². The summed E-state index contributed by atoms with van der Waals surface area (Å²) in [7, 11) is 3.93. The molecule has 2 saturated heterocycles. The highest BCUT2D eigenvalue weighted by Crippen LogP contribution is 2.41. The minimum Gasteiger partial charge on any atom is -0.504 e. The van der Waals surface area contributed by atoms with E-state index in [1.54, 1.807) is 0 Å². The first-order chi connectivity index (χ1) is 29.8. The molecule has 0 aromatic heterocycles. The van der Waals surface area contributed by atoms with Gasteiger partial charge in [-0.15, -0.1) is 0 Å². The zero-order valence-corrected chi connectivity index (χ0v) is 35.1. The van der Waals surface area contributed by atoms with E-state index in [-0.39, 0.29) is 28.7 Å². The van der Waals surface area contributed by atoms with Crippen LogP contribution in [-0.4, -0.2) is 152 Å². The van der Waals surface area contributed by atoms with E-state index in [1.165, 1.54) is 63.8 Å². The maximum atomic E-state index is 13.5. The number of methoxy groups -OCH3 is 3. The number of ether oxygens (including phenoxy) is 12. The lowest BCUT2D eigenvalue weighted by atomic mass is 9.98. The first-order valence-corrected chi connectivity index (χ1v) is 18.8. The van der Waals surface area contributed by atoms with Crippen LogP contribution >= 0.6 is 0 Å². The molecule has 2 aromatic carbocycles. The molecule has 63 heavy (non-hydrogen) atoms. The summed E-state index contributed by atoms with van der Waals surface area (Å²) in [6.07, 6.45) is -10.2. The molecule has 2 heterocycles. The van der Waals surface area contributed by atoms with Gasteiger partial charge in [0.05, 0.1) is 21.3 Å². The largest absolute Gasteiger partial charge is 0.504 e. The van der Waals surface area contributed by atoms with Crippen molar-refractivity contribution < 1.29 is 106 Å². The van der Waals surface area contributed by atoms with Crippen molar-refractivity contribution in [2.24, 2.45) is 0 Å². The molecule has 9 atom stereocenters. The molecule has 0 unspecified atom stereocenters. The monoisotopic (exact) mass is 892 g/mol. The molecule has 0 saturated carbocycles. The molecule has 2 aromatic rings. The fourth-order valence-electron chi connectivity index (χ4n) is 6.27. The van der Waals surface area contributed by atoms with E-state index in [2.05, 4.69) is 0 Å². The summed E-state index contributed by atoms with van der Waals surface area (Å²) in [4.78, 5) is 75.0. The number of hydrogen-bond donors (Lipinski definition) is 4. The minimum atomic E-state index is -2.65. The Kier molecular flexibility index (Phi) is 17.2. The number of aliphatic hydroxyl groups excluding tert-OH is 2. The van der Waals surface area contributed by atoms with E-state index < -0.39 is 110 Å². The van der Waals surface area contributed by atoms with Crippen molar-refractivity contribution in [3.05, 3.63) is 53.6 Å². The summed E-state index contributed by atoms with van der Waals surface area (Å²) in [5.41, 5.74) is 0.694. The van der Waals surface area contributed by atoms with Crippen molar-refractivity contribution in [1.82, 2.24) is 0 Å². The van der Waals surface area contributed by atoms with Gasteiger partial charge in [0.2, 0.25) is 17.8 Å². The second-order valence-electron chi connectivity index (χ2n) is 13.7. The van der Waals surface area contributed by atoms with Crippen LogP contribution in [0.3, 0.4) is 0 Å². The topological polar surface area (TPSA) is 294 Å². The van der Waals surface area contributed by atoms with Crippen molar-refractivity contribution in [2.45, 2.75) is 82.5 Å². The van der Waals surface area contributed by atoms with Gasteiger partial charge in [-0.05, 0) is 47.5 Å². The third kappa shape index (κ3) is 13.0. The van der Waals surface area contributed by atoms with E-state index in [1.807, 2.05) is 0 Å². The van der Waals surface area contributed by atoms with Gasteiger partial charge in [0.15, 0.2) is 41.3 Å². The molecule has 0 amide bonds. The molecule has 4 rings (SSSR count). The maximum Gasteiger partial charge on any atom is 0.331 e. The molecule has 4 N–H and O–H groups in total. The molecule has 0 spiro atoms.